The van der Waals surface area contributed by atoms with Crippen molar-refractivity contribution >= 4 is 10.0 Å². The lowest BCUT2D eigenvalue weighted by atomic mass is 9.93. The largest absolute Gasteiger partial charge is 0.304 e. The molecule has 0 bridgehead atoms. The van der Waals surface area contributed by atoms with Crippen LogP contribution in [-0.2, 0) is 10.0 Å². The van der Waals surface area contributed by atoms with E-state index in [2.05, 4.69) is 40.0 Å². The van der Waals surface area contributed by atoms with Gasteiger partial charge in [-0.25, -0.2) is 13.1 Å². The van der Waals surface area contributed by atoms with Crippen LogP contribution in [0.1, 0.15) is 30.9 Å². The first kappa shape index (κ1) is 19.6. The summed E-state index contributed by atoms with van der Waals surface area (Å²) < 4.78 is 27.5. The minimum Gasteiger partial charge on any atom is -0.304 e. The van der Waals surface area contributed by atoms with E-state index in [1.165, 1.54) is 0 Å². The van der Waals surface area contributed by atoms with Gasteiger partial charge in [0.25, 0.3) is 0 Å². The van der Waals surface area contributed by atoms with Gasteiger partial charge < -0.3 is 4.90 Å². The second-order valence-corrected chi connectivity index (χ2v) is 9.73. The Bertz CT molecular complexity index is 929. The fourth-order valence-electron chi connectivity index (χ4n) is 3.46. The third-order valence-electron chi connectivity index (χ3n) is 5.12. The van der Waals surface area contributed by atoms with Crippen molar-refractivity contribution in [3.8, 4) is 17.2 Å². The Balaban J connectivity index is 1.81. The molecule has 0 radical (unpaired) electrons. The molecule has 0 spiro atoms. The lowest BCUT2D eigenvalue weighted by Crippen LogP contribution is -2.42. The maximum Gasteiger partial charge on any atom is 0.214 e. The molecule has 5 nitrogen and oxygen atoms in total. The number of benzene rings is 2. The number of nitrogens with one attached hydrogen (secondary N) is 1. The third kappa shape index (κ3) is 4.38. The highest BCUT2D eigenvalue weighted by Crippen LogP contribution is 2.30. The zero-order valence-corrected chi connectivity index (χ0v) is 16.7. The van der Waals surface area contributed by atoms with E-state index >= 15 is 0 Å². The van der Waals surface area contributed by atoms with E-state index in [1.807, 2.05) is 31.3 Å². The van der Waals surface area contributed by atoms with E-state index in [0.717, 1.165) is 23.2 Å². The number of sulfonamides is 1. The Hall–Kier alpha value is -2.20. The van der Waals surface area contributed by atoms with Crippen molar-refractivity contribution in [2.24, 2.45) is 0 Å². The van der Waals surface area contributed by atoms with Gasteiger partial charge in [0.05, 0.1) is 16.9 Å². The maximum atomic E-state index is 12.3. The second-order valence-electron chi connectivity index (χ2n) is 7.46. The molecule has 2 atom stereocenters. The molecule has 1 saturated heterocycles. The molecule has 6 heteroatoms. The summed E-state index contributed by atoms with van der Waals surface area (Å²) in [6, 6.07) is 17.8. The summed E-state index contributed by atoms with van der Waals surface area (Å²) >= 11 is 0. The van der Waals surface area contributed by atoms with Gasteiger partial charge >= 0.3 is 0 Å². The summed E-state index contributed by atoms with van der Waals surface area (Å²) in [6.45, 7) is 4.92. The van der Waals surface area contributed by atoms with Crippen LogP contribution in [0.4, 0.5) is 0 Å². The highest BCUT2D eigenvalue weighted by molar-refractivity contribution is 7.90. The molecule has 1 heterocycles. The third-order valence-corrected chi connectivity index (χ3v) is 7.00. The van der Waals surface area contributed by atoms with Crippen molar-refractivity contribution in [3.63, 3.8) is 0 Å². The molecule has 3 rings (SSSR count). The summed E-state index contributed by atoms with van der Waals surface area (Å²) in [5.41, 5.74) is 3.91. The van der Waals surface area contributed by atoms with Crippen molar-refractivity contribution in [1.29, 1.82) is 5.26 Å². The minimum atomic E-state index is -3.31. The van der Waals surface area contributed by atoms with Gasteiger partial charge in [-0.3, -0.25) is 0 Å². The molecular formula is C21H25N3O2S. The van der Waals surface area contributed by atoms with Crippen LogP contribution in [-0.4, -0.2) is 44.7 Å². The average molecular weight is 384 g/mol. The number of hydrogen-bond acceptors (Lipinski definition) is 4. The van der Waals surface area contributed by atoms with E-state index in [1.54, 1.807) is 13.8 Å². The molecule has 2 aromatic carbocycles. The van der Waals surface area contributed by atoms with Crippen molar-refractivity contribution in [2.75, 3.05) is 20.1 Å². The van der Waals surface area contributed by atoms with Gasteiger partial charge in [0.15, 0.2) is 0 Å². The molecule has 0 saturated carbocycles. The van der Waals surface area contributed by atoms with Crippen LogP contribution in [0, 0.1) is 11.3 Å². The SMILES string of the molecule is CC(C)S(=O)(=O)N[C@H]1CN(C)C[C@H]1c1ccc(-c2ccc(C#N)cc2)cc1. The number of nitriles is 1. The molecule has 2 aromatic rings. The molecular weight excluding hydrogens is 358 g/mol. The Labute approximate surface area is 161 Å². The van der Waals surface area contributed by atoms with Gasteiger partial charge in [-0.1, -0.05) is 36.4 Å². The fraction of sp³-hybridized carbons (Fsp3) is 0.381. The molecule has 0 aromatic heterocycles. The van der Waals surface area contributed by atoms with Gasteiger partial charge in [-0.05, 0) is 49.7 Å². The van der Waals surface area contributed by atoms with Crippen molar-refractivity contribution in [3.05, 3.63) is 59.7 Å². The Morgan fingerprint density at radius 1 is 1.04 bits per heavy atom. The van der Waals surface area contributed by atoms with E-state index in [4.69, 9.17) is 5.26 Å². The van der Waals surface area contributed by atoms with E-state index in [9.17, 15) is 8.42 Å². The predicted molar refractivity (Wildman–Crippen MR) is 108 cm³/mol. The topological polar surface area (TPSA) is 73.2 Å². The first-order chi connectivity index (χ1) is 12.8. The summed E-state index contributed by atoms with van der Waals surface area (Å²) in [5.74, 6) is 0.124. The smallest absolute Gasteiger partial charge is 0.214 e. The molecule has 142 valence electrons. The van der Waals surface area contributed by atoms with Crippen LogP contribution in [0.15, 0.2) is 48.5 Å². The summed E-state index contributed by atoms with van der Waals surface area (Å²) in [5, 5.41) is 8.47. The highest BCUT2D eigenvalue weighted by atomic mass is 32.2. The van der Waals surface area contributed by atoms with Gasteiger partial charge in [0, 0.05) is 25.0 Å². The monoisotopic (exact) mass is 383 g/mol. The van der Waals surface area contributed by atoms with Gasteiger partial charge in [-0.2, -0.15) is 5.26 Å². The highest BCUT2D eigenvalue weighted by Gasteiger charge is 2.35. The molecule has 27 heavy (non-hydrogen) atoms. The van der Waals surface area contributed by atoms with Gasteiger partial charge in [-0.15, -0.1) is 0 Å². The summed E-state index contributed by atoms with van der Waals surface area (Å²) in [7, 11) is -1.29. The number of rotatable bonds is 5. The normalized spacial score (nSPS) is 20.7. The van der Waals surface area contributed by atoms with E-state index < -0.39 is 15.3 Å². The van der Waals surface area contributed by atoms with Crippen LogP contribution in [0.2, 0.25) is 0 Å². The molecule has 0 amide bonds. The van der Waals surface area contributed by atoms with Crippen LogP contribution in [0.3, 0.4) is 0 Å². The Morgan fingerprint density at radius 3 is 2.11 bits per heavy atom. The minimum absolute atomic E-state index is 0.122. The average Bonchev–Trinajstić information content (AvgIpc) is 3.01. The second kappa shape index (κ2) is 7.81. The van der Waals surface area contributed by atoms with Crippen molar-refractivity contribution in [1.82, 2.24) is 9.62 Å². The van der Waals surface area contributed by atoms with Crippen LogP contribution < -0.4 is 4.72 Å². The predicted octanol–water partition coefficient (Wildman–Crippen LogP) is 2.95. The van der Waals surface area contributed by atoms with Gasteiger partial charge in [0.2, 0.25) is 10.0 Å². The molecule has 1 aliphatic heterocycles. The zero-order chi connectivity index (χ0) is 19.6. The molecule has 1 N–H and O–H groups in total. The number of likely N-dealkylation sites (tertiary alicyclic amines) is 1. The van der Waals surface area contributed by atoms with Crippen LogP contribution >= 0.6 is 0 Å². The summed E-state index contributed by atoms with van der Waals surface area (Å²) in [4.78, 5) is 2.16. The quantitative estimate of drug-likeness (QED) is 0.862. The lowest BCUT2D eigenvalue weighted by molar-refractivity contribution is 0.404. The fourth-order valence-corrected chi connectivity index (χ4v) is 4.40. The van der Waals surface area contributed by atoms with Crippen molar-refractivity contribution < 1.29 is 8.42 Å². The van der Waals surface area contributed by atoms with Crippen LogP contribution in [0.25, 0.3) is 11.1 Å². The molecule has 0 unspecified atom stereocenters. The molecule has 1 aliphatic rings. The Morgan fingerprint density at radius 2 is 1.59 bits per heavy atom. The van der Waals surface area contributed by atoms with E-state index in [-0.39, 0.29) is 12.0 Å². The molecule has 1 fully saturated rings. The number of hydrogen-bond donors (Lipinski definition) is 1. The molecule has 0 aliphatic carbocycles. The number of nitrogens with zero attached hydrogens (tertiary/aromatic N) is 2. The van der Waals surface area contributed by atoms with E-state index in [0.29, 0.717) is 12.1 Å². The zero-order valence-electron chi connectivity index (χ0n) is 15.9. The standard InChI is InChI=1S/C21H25N3O2S/c1-15(2)27(25,26)23-21-14-24(3)13-20(21)19-10-8-18(9-11-19)17-6-4-16(12-22)5-7-17/h4-11,15,20-21,23H,13-14H2,1-3H3/t20-,21-/m0/s1. The number of likely N-dealkylation sites (N-methyl/N-ethyl adjacent to an activating group) is 1. The first-order valence-electron chi connectivity index (χ1n) is 9.10. The van der Waals surface area contributed by atoms with Crippen LogP contribution in [0.5, 0.6) is 0 Å². The Kier molecular flexibility index (Phi) is 5.66. The van der Waals surface area contributed by atoms with Gasteiger partial charge in [0.1, 0.15) is 0 Å². The first-order valence-corrected chi connectivity index (χ1v) is 10.6. The maximum absolute atomic E-state index is 12.3. The lowest BCUT2D eigenvalue weighted by Gasteiger charge is -2.22. The summed E-state index contributed by atoms with van der Waals surface area (Å²) in [6.07, 6.45) is 0. The van der Waals surface area contributed by atoms with Crippen molar-refractivity contribution in [2.45, 2.75) is 31.1 Å².